The Morgan fingerprint density at radius 1 is 1.17 bits per heavy atom. The zero-order valence-corrected chi connectivity index (χ0v) is 18.4. The van der Waals surface area contributed by atoms with Crippen LogP contribution >= 0.6 is 23.2 Å². The van der Waals surface area contributed by atoms with E-state index in [4.69, 9.17) is 27.9 Å². The Hall–Kier alpha value is -2.24. The Kier molecular flexibility index (Phi) is 8.80. The first-order valence-electron chi connectivity index (χ1n) is 9.52. The molecule has 7 heteroatoms. The molecule has 0 bridgehead atoms. The summed E-state index contributed by atoms with van der Waals surface area (Å²) in [6.45, 7) is 6.31. The monoisotopic (exact) mass is 436 g/mol. The molecule has 0 heterocycles. The molecule has 0 aliphatic heterocycles. The summed E-state index contributed by atoms with van der Waals surface area (Å²) < 4.78 is 5.59. The van der Waals surface area contributed by atoms with Gasteiger partial charge in [-0.15, -0.1) is 0 Å². The van der Waals surface area contributed by atoms with Crippen molar-refractivity contribution in [1.82, 2.24) is 10.2 Å². The van der Waals surface area contributed by atoms with Gasteiger partial charge in [-0.05, 0) is 44.0 Å². The molecular formula is C22H26Cl2N2O3. The van der Waals surface area contributed by atoms with Crippen molar-refractivity contribution in [3.05, 3.63) is 63.6 Å². The molecule has 0 aliphatic rings. The van der Waals surface area contributed by atoms with Crippen LogP contribution in [0.3, 0.4) is 0 Å². The third-order valence-electron chi connectivity index (χ3n) is 4.40. The molecular weight excluding hydrogens is 411 g/mol. The molecule has 156 valence electrons. The normalized spacial score (nSPS) is 11.6. The van der Waals surface area contributed by atoms with Crippen LogP contribution in [0, 0.1) is 6.92 Å². The van der Waals surface area contributed by atoms with Gasteiger partial charge in [0, 0.05) is 18.1 Å². The summed E-state index contributed by atoms with van der Waals surface area (Å²) >= 11 is 12.0. The second kappa shape index (κ2) is 11.1. The van der Waals surface area contributed by atoms with Crippen LogP contribution in [0.15, 0.2) is 42.5 Å². The van der Waals surface area contributed by atoms with Crippen LogP contribution in [0.4, 0.5) is 0 Å². The van der Waals surface area contributed by atoms with Crippen LogP contribution in [-0.4, -0.2) is 35.9 Å². The van der Waals surface area contributed by atoms with Crippen LogP contribution in [-0.2, 0) is 16.1 Å². The Bertz CT molecular complexity index is 858. The number of hydrogen-bond donors (Lipinski definition) is 1. The van der Waals surface area contributed by atoms with Gasteiger partial charge in [-0.2, -0.15) is 0 Å². The fourth-order valence-electron chi connectivity index (χ4n) is 2.80. The molecule has 1 atom stereocenters. The lowest BCUT2D eigenvalue weighted by Crippen LogP contribution is -2.49. The third kappa shape index (κ3) is 6.94. The topological polar surface area (TPSA) is 58.6 Å². The fourth-order valence-corrected chi connectivity index (χ4v) is 3.26. The lowest BCUT2D eigenvalue weighted by Gasteiger charge is -2.29. The van der Waals surface area contributed by atoms with Crippen LogP contribution in [0.25, 0.3) is 0 Å². The van der Waals surface area contributed by atoms with Crippen molar-refractivity contribution in [1.29, 1.82) is 0 Å². The van der Waals surface area contributed by atoms with E-state index in [1.165, 1.54) is 4.90 Å². The highest BCUT2D eigenvalue weighted by molar-refractivity contribution is 6.35. The summed E-state index contributed by atoms with van der Waals surface area (Å²) in [6.07, 6.45) is 0.822. The molecule has 2 rings (SSSR count). The van der Waals surface area contributed by atoms with Gasteiger partial charge in [0.25, 0.3) is 5.91 Å². The van der Waals surface area contributed by atoms with Gasteiger partial charge < -0.3 is 15.0 Å². The number of amides is 2. The molecule has 2 aromatic carbocycles. The van der Waals surface area contributed by atoms with Gasteiger partial charge >= 0.3 is 0 Å². The minimum atomic E-state index is -0.640. The van der Waals surface area contributed by atoms with Crippen LogP contribution in [0.2, 0.25) is 10.0 Å². The molecule has 1 N–H and O–H groups in total. The van der Waals surface area contributed by atoms with Crippen LogP contribution in [0.1, 0.15) is 31.4 Å². The minimum Gasteiger partial charge on any atom is -0.482 e. The van der Waals surface area contributed by atoms with E-state index in [1.54, 1.807) is 25.1 Å². The first-order valence-corrected chi connectivity index (χ1v) is 10.3. The molecule has 0 radical (unpaired) electrons. The number of benzene rings is 2. The molecule has 0 aromatic heterocycles. The van der Waals surface area contributed by atoms with Gasteiger partial charge in [0.2, 0.25) is 5.91 Å². The van der Waals surface area contributed by atoms with Gasteiger partial charge in [0.05, 0.1) is 5.02 Å². The van der Waals surface area contributed by atoms with E-state index < -0.39 is 6.04 Å². The second-order valence-corrected chi connectivity index (χ2v) is 7.68. The van der Waals surface area contributed by atoms with E-state index in [9.17, 15) is 9.59 Å². The lowest BCUT2D eigenvalue weighted by atomic mass is 10.1. The third-order valence-corrected chi connectivity index (χ3v) is 4.93. The van der Waals surface area contributed by atoms with Crippen molar-refractivity contribution in [3.8, 4) is 5.75 Å². The maximum atomic E-state index is 13.0. The average molecular weight is 437 g/mol. The largest absolute Gasteiger partial charge is 0.482 e. The van der Waals surface area contributed by atoms with E-state index in [0.29, 0.717) is 28.9 Å². The first-order chi connectivity index (χ1) is 13.8. The highest BCUT2D eigenvalue weighted by Gasteiger charge is 2.26. The molecule has 5 nitrogen and oxygen atoms in total. The van der Waals surface area contributed by atoms with Gasteiger partial charge in [0.1, 0.15) is 11.8 Å². The summed E-state index contributed by atoms with van der Waals surface area (Å²) in [7, 11) is 0. The summed E-state index contributed by atoms with van der Waals surface area (Å²) in [5.41, 5.74) is 2.03. The minimum absolute atomic E-state index is 0.197. The summed E-state index contributed by atoms with van der Waals surface area (Å²) in [5.74, 6) is -0.142. The van der Waals surface area contributed by atoms with Gasteiger partial charge in [-0.1, -0.05) is 60.0 Å². The Balaban J connectivity index is 2.15. The summed E-state index contributed by atoms with van der Waals surface area (Å²) in [5, 5.41) is 3.65. The molecule has 0 fully saturated rings. The van der Waals surface area contributed by atoms with Crippen molar-refractivity contribution >= 4 is 35.0 Å². The molecule has 0 saturated heterocycles. The van der Waals surface area contributed by atoms with E-state index in [0.717, 1.165) is 17.5 Å². The summed E-state index contributed by atoms with van der Waals surface area (Å²) in [4.78, 5) is 27.0. The van der Waals surface area contributed by atoms with Gasteiger partial charge in [-0.25, -0.2) is 0 Å². The maximum Gasteiger partial charge on any atom is 0.261 e. The number of carbonyl (C=O) groups excluding carboxylic acids is 2. The lowest BCUT2D eigenvalue weighted by molar-refractivity contribution is -0.142. The number of aryl methyl sites for hydroxylation is 1. The molecule has 0 unspecified atom stereocenters. The number of ether oxygens (including phenoxy) is 1. The summed E-state index contributed by atoms with van der Waals surface area (Å²) in [6, 6.07) is 12.0. The molecule has 0 aliphatic carbocycles. The zero-order chi connectivity index (χ0) is 21.4. The molecule has 0 spiro atoms. The number of hydrogen-bond acceptors (Lipinski definition) is 3. The first kappa shape index (κ1) is 23.0. The highest BCUT2D eigenvalue weighted by atomic mass is 35.5. The standard InChI is InChI=1S/C22H26Cl2N2O3/c1-4-10-25-22(28)16(3)26(13-17-7-5-6-15(2)11-17)21(27)14-29-20-9-8-18(23)12-19(20)24/h5-9,11-12,16H,4,10,13-14H2,1-3H3,(H,25,28)/t16-/m0/s1. The predicted molar refractivity (Wildman–Crippen MR) is 116 cm³/mol. The van der Waals surface area contributed by atoms with Crippen molar-refractivity contribution in [2.45, 2.75) is 39.8 Å². The Morgan fingerprint density at radius 3 is 2.59 bits per heavy atom. The molecule has 2 aromatic rings. The quantitative estimate of drug-likeness (QED) is 0.623. The highest BCUT2D eigenvalue weighted by Crippen LogP contribution is 2.27. The van der Waals surface area contributed by atoms with Crippen molar-refractivity contribution in [3.63, 3.8) is 0 Å². The number of rotatable bonds is 9. The Morgan fingerprint density at radius 2 is 1.93 bits per heavy atom. The van der Waals surface area contributed by atoms with E-state index >= 15 is 0 Å². The smallest absolute Gasteiger partial charge is 0.261 e. The van der Waals surface area contributed by atoms with Crippen molar-refractivity contribution < 1.29 is 14.3 Å². The predicted octanol–water partition coefficient (Wildman–Crippen LogP) is 4.62. The number of nitrogens with one attached hydrogen (secondary N) is 1. The fraction of sp³-hybridized carbons (Fsp3) is 0.364. The average Bonchev–Trinajstić information content (AvgIpc) is 2.69. The number of carbonyl (C=O) groups is 2. The van der Waals surface area contributed by atoms with Crippen LogP contribution in [0.5, 0.6) is 5.75 Å². The van der Waals surface area contributed by atoms with Crippen molar-refractivity contribution in [2.75, 3.05) is 13.2 Å². The number of halogens is 2. The zero-order valence-electron chi connectivity index (χ0n) is 16.9. The van der Waals surface area contributed by atoms with E-state index in [2.05, 4.69) is 5.32 Å². The molecule has 29 heavy (non-hydrogen) atoms. The van der Waals surface area contributed by atoms with E-state index in [-0.39, 0.29) is 18.4 Å². The van der Waals surface area contributed by atoms with Crippen LogP contribution < -0.4 is 10.1 Å². The molecule has 0 saturated carbocycles. The number of nitrogens with zero attached hydrogens (tertiary/aromatic N) is 1. The maximum absolute atomic E-state index is 13.0. The second-order valence-electron chi connectivity index (χ2n) is 6.84. The Labute approximate surface area is 181 Å². The SMILES string of the molecule is CCCNC(=O)[C@H](C)N(Cc1cccc(C)c1)C(=O)COc1ccc(Cl)cc1Cl. The van der Waals surface area contributed by atoms with Gasteiger partial charge in [0.15, 0.2) is 6.61 Å². The van der Waals surface area contributed by atoms with E-state index in [1.807, 2.05) is 38.1 Å². The van der Waals surface area contributed by atoms with Gasteiger partial charge in [-0.3, -0.25) is 9.59 Å². The molecule has 2 amide bonds. The van der Waals surface area contributed by atoms with Crippen molar-refractivity contribution in [2.24, 2.45) is 0 Å².